The Kier molecular flexibility index (Phi) is 2.90. The highest BCUT2D eigenvalue weighted by Gasteiger charge is 2.06. The maximum absolute atomic E-state index is 11.1. The molecule has 0 unspecified atom stereocenters. The third-order valence-electron chi connectivity index (χ3n) is 1.75. The molecule has 3 nitrogen and oxygen atoms in total. The summed E-state index contributed by atoms with van der Waals surface area (Å²) in [5, 5.41) is 12.2. The van der Waals surface area contributed by atoms with Gasteiger partial charge in [0.25, 0.3) is 0 Å². The zero-order valence-electron chi connectivity index (χ0n) is 7.79. The van der Waals surface area contributed by atoms with Crippen LogP contribution in [-0.4, -0.2) is 17.4 Å². The van der Waals surface area contributed by atoms with E-state index in [9.17, 15) is 9.90 Å². The first-order valence-electron chi connectivity index (χ1n) is 4.23. The molecule has 0 saturated carbocycles. The highest BCUT2D eigenvalue weighted by Crippen LogP contribution is 2.21. The van der Waals surface area contributed by atoms with Gasteiger partial charge in [-0.15, -0.1) is 0 Å². The molecule has 0 bridgehead atoms. The van der Waals surface area contributed by atoms with E-state index in [-0.39, 0.29) is 11.5 Å². The van der Waals surface area contributed by atoms with Crippen LogP contribution in [0.15, 0.2) is 18.2 Å². The highest BCUT2D eigenvalue weighted by molar-refractivity contribution is 5.99. The number of carbonyl (C=O) groups excluding carboxylic acids is 1. The van der Waals surface area contributed by atoms with Gasteiger partial charge in [-0.25, -0.2) is 0 Å². The molecule has 0 spiro atoms. The Labute approximate surface area is 77.4 Å². The number of phenols is 1. The summed E-state index contributed by atoms with van der Waals surface area (Å²) in [6.07, 6.45) is 0. The Morgan fingerprint density at radius 1 is 1.54 bits per heavy atom. The topological polar surface area (TPSA) is 49.3 Å². The zero-order chi connectivity index (χ0) is 9.84. The maximum Gasteiger partial charge on any atom is 0.162 e. The molecule has 2 N–H and O–H groups in total. The molecular formula is C10H13NO2. The smallest absolute Gasteiger partial charge is 0.162 e. The summed E-state index contributed by atoms with van der Waals surface area (Å²) < 4.78 is 0. The summed E-state index contributed by atoms with van der Waals surface area (Å²) in [6, 6.07) is 4.74. The number of aromatic hydroxyl groups is 1. The monoisotopic (exact) mass is 179 g/mol. The first kappa shape index (κ1) is 9.58. The van der Waals surface area contributed by atoms with Crippen LogP contribution in [0.5, 0.6) is 5.75 Å². The molecule has 0 radical (unpaired) electrons. The third kappa shape index (κ3) is 2.21. The molecule has 0 atom stereocenters. The van der Waals surface area contributed by atoms with Crippen molar-refractivity contribution in [2.75, 3.05) is 11.9 Å². The van der Waals surface area contributed by atoms with Crippen LogP contribution < -0.4 is 5.32 Å². The number of nitrogens with one attached hydrogen (secondary N) is 1. The van der Waals surface area contributed by atoms with Gasteiger partial charge in [0.2, 0.25) is 0 Å². The number of benzene rings is 1. The van der Waals surface area contributed by atoms with Gasteiger partial charge < -0.3 is 10.4 Å². The Morgan fingerprint density at radius 2 is 2.23 bits per heavy atom. The van der Waals surface area contributed by atoms with E-state index >= 15 is 0 Å². The van der Waals surface area contributed by atoms with Crippen molar-refractivity contribution in [3.05, 3.63) is 23.8 Å². The van der Waals surface area contributed by atoms with Crippen molar-refractivity contribution < 1.29 is 9.90 Å². The molecule has 0 aliphatic carbocycles. The molecule has 0 amide bonds. The van der Waals surface area contributed by atoms with Crippen LogP contribution in [0.25, 0.3) is 0 Å². The fourth-order valence-corrected chi connectivity index (χ4v) is 1.17. The molecule has 0 heterocycles. The van der Waals surface area contributed by atoms with E-state index < -0.39 is 0 Å². The Balaban J connectivity index is 3.10. The van der Waals surface area contributed by atoms with Gasteiger partial charge in [0.05, 0.1) is 0 Å². The van der Waals surface area contributed by atoms with Crippen LogP contribution in [0.3, 0.4) is 0 Å². The molecule has 13 heavy (non-hydrogen) atoms. The van der Waals surface area contributed by atoms with Crippen molar-refractivity contribution in [3.63, 3.8) is 0 Å². The standard InChI is InChI=1S/C10H13NO2/c1-3-11-10-5-4-8(13)6-9(10)7(2)12/h4-6,11,13H,3H2,1-2H3. The number of hydrogen-bond donors (Lipinski definition) is 2. The van der Waals surface area contributed by atoms with Gasteiger partial charge in [0, 0.05) is 17.8 Å². The van der Waals surface area contributed by atoms with Gasteiger partial charge in [-0.2, -0.15) is 0 Å². The zero-order valence-corrected chi connectivity index (χ0v) is 7.79. The van der Waals surface area contributed by atoms with Crippen LogP contribution in [0.2, 0.25) is 0 Å². The van der Waals surface area contributed by atoms with Crippen LogP contribution >= 0.6 is 0 Å². The lowest BCUT2D eigenvalue weighted by Gasteiger charge is -2.08. The first-order valence-corrected chi connectivity index (χ1v) is 4.23. The van der Waals surface area contributed by atoms with Crippen LogP contribution in [-0.2, 0) is 0 Å². The SMILES string of the molecule is CCNc1ccc(O)cc1C(C)=O. The van der Waals surface area contributed by atoms with Crippen LogP contribution in [0.1, 0.15) is 24.2 Å². The van der Waals surface area contributed by atoms with Gasteiger partial charge >= 0.3 is 0 Å². The lowest BCUT2D eigenvalue weighted by Crippen LogP contribution is -2.03. The second kappa shape index (κ2) is 3.94. The van der Waals surface area contributed by atoms with Crippen molar-refractivity contribution >= 4 is 11.5 Å². The molecule has 0 saturated heterocycles. The summed E-state index contributed by atoms with van der Waals surface area (Å²) in [5.41, 5.74) is 1.30. The molecular weight excluding hydrogens is 166 g/mol. The minimum atomic E-state index is -0.0492. The second-order valence-electron chi connectivity index (χ2n) is 2.82. The summed E-state index contributed by atoms with van der Waals surface area (Å²) in [4.78, 5) is 11.1. The summed E-state index contributed by atoms with van der Waals surface area (Å²) in [7, 11) is 0. The summed E-state index contributed by atoms with van der Waals surface area (Å²) >= 11 is 0. The number of carbonyl (C=O) groups is 1. The molecule has 1 aromatic rings. The lowest BCUT2D eigenvalue weighted by atomic mass is 10.1. The Morgan fingerprint density at radius 3 is 2.77 bits per heavy atom. The normalized spacial score (nSPS) is 9.69. The average molecular weight is 179 g/mol. The van der Waals surface area contributed by atoms with Crippen molar-refractivity contribution in [2.45, 2.75) is 13.8 Å². The highest BCUT2D eigenvalue weighted by atomic mass is 16.3. The molecule has 3 heteroatoms. The third-order valence-corrected chi connectivity index (χ3v) is 1.75. The van der Waals surface area contributed by atoms with Crippen molar-refractivity contribution in [3.8, 4) is 5.75 Å². The molecule has 0 aliphatic rings. The number of anilines is 1. The number of rotatable bonds is 3. The van der Waals surface area contributed by atoms with Gasteiger partial charge in [-0.05, 0) is 32.0 Å². The van der Waals surface area contributed by atoms with E-state index in [1.165, 1.54) is 13.0 Å². The van der Waals surface area contributed by atoms with E-state index in [4.69, 9.17) is 0 Å². The van der Waals surface area contributed by atoms with E-state index in [0.29, 0.717) is 5.56 Å². The van der Waals surface area contributed by atoms with E-state index in [0.717, 1.165) is 12.2 Å². The van der Waals surface area contributed by atoms with E-state index in [1.807, 2.05) is 6.92 Å². The summed E-state index contributed by atoms with van der Waals surface area (Å²) in [6.45, 7) is 4.19. The Bertz CT molecular complexity index is 321. The van der Waals surface area contributed by atoms with Crippen molar-refractivity contribution in [1.82, 2.24) is 0 Å². The molecule has 0 aliphatic heterocycles. The number of Topliss-reactive ketones (excluding diaryl/α,β-unsaturated/α-hetero) is 1. The average Bonchev–Trinajstić information content (AvgIpc) is 2.08. The predicted molar refractivity (Wildman–Crippen MR) is 52.3 cm³/mol. The fourth-order valence-electron chi connectivity index (χ4n) is 1.17. The summed E-state index contributed by atoms with van der Waals surface area (Å²) in [5.74, 6) is 0.0682. The Hall–Kier alpha value is -1.51. The molecule has 0 aromatic heterocycles. The maximum atomic E-state index is 11.1. The van der Waals surface area contributed by atoms with Gasteiger partial charge in [0.15, 0.2) is 5.78 Å². The van der Waals surface area contributed by atoms with Crippen LogP contribution in [0, 0.1) is 0 Å². The first-order chi connectivity index (χ1) is 6.15. The van der Waals surface area contributed by atoms with Gasteiger partial charge in [-0.1, -0.05) is 0 Å². The molecule has 70 valence electrons. The number of phenolic OH excluding ortho intramolecular Hbond substituents is 1. The molecule has 1 rings (SSSR count). The molecule has 1 aromatic carbocycles. The minimum absolute atomic E-state index is 0.0492. The number of ketones is 1. The second-order valence-corrected chi connectivity index (χ2v) is 2.82. The van der Waals surface area contributed by atoms with Crippen molar-refractivity contribution in [1.29, 1.82) is 0 Å². The molecule has 0 fully saturated rings. The minimum Gasteiger partial charge on any atom is -0.508 e. The van der Waals surface area contributed by atoms with Gasteiger partial charge in [-0.3, -0.25) is 4.79 Å². The number of hydrogen-bond acceptors (Lipinski definition) is 3. The quantitative estimate of drug-likeness (QED) is 0.551. The fraction of sp³-hybridized carbons (Fsp3) is 0.300. The predicted octanol–water partition coefficient (Wildman–Crippen LogP) is 2.03. The lowest BCUT2D eigenvalue weighted by molar-refractivity contribution is 0.101. The van der Waals surface area contributed by atoms with Gasteiger partial charge in [0.1, 0.15) is 5.75 Å². The van der Waals surface area contributed by atoms with Crippen LogP contribution in [0.4, 0.5) is 5.69 Å². The van der Waals surface area contributed by atoms with E-state index in [1.54, 1.807) is 12.1 Å². The largest absolute Gasteiger partial charge is 0.508 e. The van der Waals surface area contributed by atoms with E-state index in [2.05, 4.69) is 5.32 Å². The van der Waals surface area contributed by atoms with Crippen molar-refractivity contribution in [2.24, 2.45) is 0 Å².